The summed E-state index contributed by atoms with van der Waals surface area (Å²) < 4.78 is 0. The van der Waals surface area contributed by atoms with E-state index in [0.717, 1.165) is 6.04 Å². The van der Waals surface area contributed by atoms with E-state index >= 15 is 0 Å². The van der Waals surface area contributed by atoms with Crippen LogP contribution in [-0.2, 0) is 0 Å². The van der Waals surface area contributed by atoms with Crippen LogP contribution in [0.15, 0.2) is 0 Å². The Hall–Kier alpha value is -0.120. The molecular weight excluding hydrogens is 222 g/mol. The maximum Gasteiger partial charge on any atom is 0.0112 e. The highest BCUT2D eigenvalue weighted by atomic mass is 15.2. The first-order valence-corrected chi connectivity index (χ1v) is 7.93. The van der Waals surface area contributed by atoms with Crippen molar-refractivity contribution in [3.63, 3.8) is 0 Å². The Balaban J connectivity index is 2.38. The van der Waals surface area contributed by atoms with Gasteiger partial charge in [-0.3, -0.25) is 4.90 Å². The van der Waals surface area contributed by atoms with Gasteiger partial charge in [0.2, 0.25) is 0 Å². The summed E-state index contributed by atoms with van der Waals surface area (Å²) in [5.74, 6) is 0. The summed E-state index contributed by atoms with van der Waals surface area (Å²) in [6, 6.07) is 1.26. The monoisotopic (exact) mass is 255 g/mol. The van der Waals surface area contributed by atoms with Gasteiger partial charge in [0, 0.05) is 25.2 Å². The Kier molecular flexibility index (Phi) is 7.87. The molecule has 1 aliphatic rings. The zero-order valence-electron chi connectivity index (χ0n) is 12.7. The van der Waals surface area contributed by atoms with Crippen LogP contribution in [0.25, 0.3) is 0 Å². The predicted molar refractivity (Wildman–Crippen MR) is 79.9 cm³/mol. The quantitative estimate of drug-likeness (QED) is 0.722. The first-order valence-electron chi connectivity index (χ1n) is 7.93. The molecule has 0 saturated heterocycles. The molecule has 1 fully saturated rings. The van der Waals surface area contributed by atoms with Crippen LogP contribution in [0.5, 0.6) is 0 Å². The van der Waals surface area contributed by atoms with Crippen molar-refractivity contribution in [3.8, 4) is 0 Å². The lowest BCUT2D eigenvalue weighted by Crippen LogP contribution is -2.44. The molecule has 1 saturated carbocycles. The van der Waals surface area contributed by atoms with Gasteiger partial charge in [-0.15, -0.1) is 0 Å². The van der Waals surface area contributed by atoms with Crippen LogP contribution in [0.4, 0.5) is 0 Å². The molecule has 2 N–H and O–H groups in total. The Morgan fingerprint density at radius 2 is 1.50 bits per heavy atom. The van der Waals surface area contributed by atoms with Gasteiger partial charge >= 0.3 is 0 Å². The van der Waals surface area contributed by atoms with E-state index in [2.05, 4.69) is 30.6 Å². The summed E-state index contributed by atoms with van der Waals surface area (Å²) in [6.07, 6.45) is 6.31. The number of hydrogen-bond donors (Lipinski definition) is 1. The third-order valence-corrected chi connectivity index (χ3v) is 4.37. The summed E-state index contributed by atoms with van der Waals surface area (Å²) in [5, 5.41) is 0. The highest BCUT2D eigenvalue weighted by molar-refractivity contribution is 4.81. The molecule has 0 unspecified atom stereocenters. The molecule has 0 amide bonds. The van der Waals surface area contributed by atoms with Crippen molar-refractivity contribution in [2.75, 3.05) is 32.7 Å². The maximum absolute atomic E-state index is 6.01. The molecule has 0 aliphatic heterocycles. The lowest BCUT2D eigenvalue weighted by atomic mass is 9.90. The molecule has 3 nitrogen and oxygen atoms in total. The SMILES string of the molecule is CCCN(CCN(CC)CC)C1CCC(N)CC1. The van der Waals surface area contributed by atoms with E-state index in [0.29, 0.717) is 6.04 Å². The minimum atomic E-state index is 0.465. The Labute approximate surface area is 114 Å². The highest BCUT2D eigenvalue weighted by Crippen LogP contribution is 2.22. The molecule has 0 aromatic rings. The summed E-state index contributed by atoms with van der Waals surface area (Å²) in [7, 11) is 0. The molecule has 18 heavy (non-hydrogen) atoms. The molecule has 0 spiro atoms. The van der Waals surface area contributed by atoms with Gasteiger partial charge in [-0.1, -0.05) is 20.8 Å². The molecule has 0 atom stereocenters. The minimum Gasteiger partial charge on any atom is -0.328 e. The summed E-state index contributed by atoms with van der Waals surface area (Å²) in [6.45, 7) is 12.9. The summed E-state index contributed by atoms with van der Waals surface area (Å²) in [5.41, 5.74) is 6.01. The average Bonchev–Trinajstić information content (AvgIpc) is 2.39. The second-order valence-electron chi connectivity index (χ2n) is 5.63. The van der Waals surface area contributed by atoms with Crippen LogP contribution in [-0.4, -0.2) is 54.6 Å². The van der Waals surface area contributed by atoms with E-state index in [1.165, 1.54) is 64.8 Å². The summed E-state index contributed by atoms with van der Waals surface area (Å²) in [4.78, 5) is 5.24. The number of rotatable bonds is 8. The van der Waals surface area contributed by atoms with Gasteiger partial charge in [0.05, 0.1) is 0 Å². The zero-order chi connectivity index (χ0) is 13.4. The van der Waals surface area contributed by atoms with Gasteiger partial charge < -0.3 is 10.6 Å². The van der Waals surface area contributed by atoms with E-state index in [-0.39, 0.29) is 0 Å². The molecule has 0 heterocycles. The summed E-state index contributed by atoms with van der Waals surface area (Å²) >= 11 is 0. The van der Waals surface area contributed by atoms with Gasteiger partial charge in [-0.05, 0) is 51.7 Å². The molecule has 1 aliphatic carbocycles. The zero-order valence-corrected chi connectivity index (χ0v) is 12.7. The van der Waals surface area contributed by atoms with Gasteiger partial charge in [-0.2, -0.15) is 0 Å². The van der Waals surface area contributed by atoms with Crippen LogP contribution in [0.3, 0.4) is 0 Å². The van der Waals surface area contributed by atoms with E-state index in [1.807, 2.05) is 0 Å². The van der Waals surface area contributed by atoms with E-state index in [1.54, 1.807) is 0 Å². The molecule has 108 valence electrons. The average molecular weight is 255 g/mol. The first-order chi connectivity index (χ1) is 8.71. The first kappa shape index (κ1) is 15.9. The normalized spacial score (nSPS) is 25.0. The molecule has 0 aromatic heterocycles. The number of hydrogen-bond acceptors (Lipinski definition) is 3. The van der Waals surface area contributed by atoms with Crippen LogP contribution in [0.2, 0.25) is 0 Å². The van der Waals surface area contributed by atoms with Gasteiger partial charge in [0.15, 0.2) is 0 Å². The van der Waals surface area contributed by atoms with Crippen molar-refractivity contribution in [1.82, 2.24) is 9.80 Å². The lowest BCUT2D eigenvalue weighted by Gasteiger charge is -2.37. The highest BCUT2D eigenvalue weighted by Gasteiger charge is 2.23. The maximum atomic E-state index is 6.01. The Bertz CT molecular complexity index is 196. The van der Waals surface area contributed by atoms with Crippen molar-refractivity contribution in [2.24, 2.45) is 5.73 Å². The Morgan fingerprint density at radius 3 is 2.00 bits per heavy atom. The van der Waals surface area contributed by atoms with E-state index in [4.69, 9.17) is 5.73 Å². The Morgan fingerprint density at radius 1 is 0.889 bits per heavy atom. The molecule has 0 bridgehead atoms. The number of nitrogens with two attached hydrogens (primary N) is 1. The van der Waals surface area contributed by atoms with Gasteiger partial charge in [-0.25, -0.2) is 0 Å². The fraction of sp³-hybridized carbons (Fsp3) is 1.00. The standard InChI is InChI=1S/C15H33N3/c1-4-11-18(13-12-17(5-2)6-3)15-9-7-14(16)8-10-15/h14-15H,4-13,16H2,1-3H3. The minimum absolute atomic E-state index is 0.465. The third-order valence-electron chi connectivity index (χ3n) is 4.37. The second kappa shape index (κ2) is 8.89. The largest absolute Gasteiger partial charge is 0.328 e. The van der Waals surface area contributed by atoms with Crippen molar-refractivity contribution in [1.29, 1.82) is 0 Å². The fourth-order valence-electron chi connectivity index (χ4n) is 3.04. The van der Waals surface area contributed by atoms with Crippen LogP contribution < -0.4 is 5.73 Å². The predicted octanol–water partition coefficient (Wildman–Crippen LogP) is 2.31. The molecule has 1 rings (SSSR count). The molecular formula is C15H33N3. The smallest absolute Gasteiger partial charge is 0.0112 e. The fourth-order valence-corrected chi connectivity index (χ4v) is 3.04. The van der Waals surface area contributed by atoms with Crippen LogP contribution in [0, 0.1) is 0 Å². The van der Waals surface area contributed by atoms with Crippen LogP contribution >= 0.6 is 0 Å². The third kappa shape index (κ3) is 5.25. The van der Waals surface area contributed by atoms with Crippen molar-refractivity contribution >= 4 is 0 Å². The van der Waals surface area contributed by atoms with Crippen molar-refractivity contribution in [2.45, 2.75) is 65.0 Å². The lowest BCUT2D eigenvalue weighted by molar-refractivity contribution is 0.130. The van der Waals surface area contributed by atoms with Gasteiger partial charge in [0.25, 0.3) is 0 Å². The molecule has 0 aromatic carbocycles. The number of nitrogens with zero attached hydrogens (tertiary/aromatic N) is 2. The topological polar surface area (TPSA) is 32.5 Å². The molecule has 3 heteroatoms. The van der Waals surface area contributed by atoms with E-state index < -0.39 is 0 Å². The molecule has 0 radical (unpaired) electrons. The van der Waals surface area contributed by atoms with Crippen LogP contribution in [0.1, 0.15) is 52.9 Å². The van der Waals surface area contributed by atoms with E-state index in [9.17, 15) is 0 Å². The second-order valence-corrected chi connectivity index (χ2v) is 5.63. The van der Waals surface area contributed by atoms with Gasteiger partial charge in [0.1, 0.15) is 0 Å². The van der Waals surface area contributed by atoms with Crippen molar-refractivity contribution in [3.05, 3.63) is 0 Å². The number of likely N-dealkylation sites (N-methyl/N-ethyl adjacent to an activating group) is 1. The van der Waals surface area contributed by atoms with Crippen molar-refractivity contribution < 1.29 is 0 Å².